The van der Waals surface area contributed by atoms with Gasteiger partial charge in [-0.2, -0.15) is 0 Å². The van der Waals surface area contributed by atoms with Gasteiger partial charge in [-0.3, -0.25) is 9.59 Å². The van der Waals surface area contributed by atoms with Crippen LogP contribution in [0, 0.1) is 0 Å². The average molecular weight is 204 g/mol. The zero-order valence-corrected chi connectivity index (χ0v) is 8.43. The number of hydrogen-bond acceptors (Lipinski definition) is 3. The van der Waals surface area contributed by atoms with Crippen molar-refractivity contribution in [1.82, 2.24) is 0 Å². The van der Waals surface area contributed by atoms with Crippen molar-refractivity contribution in [2.24, 2.45) is 0 Å². The van der Waals surface area contributed by atoms with Crippen LogP contribution >= 0.6 is 11.3 Å². The molecule has 2 aromatic rings. The number of fused-ring (bicyclic) bond motifs is 1. The summed E-state index contributed by atoms with van der Waals surface area (Å²) < 4.78 is 0.791. The molecule has 2 rings (SSSR count). The van der Waals surface area contributed by atoms with Gasteiger partial charge in [0.15, 0.2) is 5.78 Å². The third-order valence-corrected chi connectivity index (χ3v) is 2.92. The first kappa shape index (κ1) is 9.09. The van der Waals surface area contributed by atoms with Crippen LogP contribution in [0.5, 0.6) is 0 Å². The molecule has 0 atom stereocenters. The fraction of sp³-hybridized carbons (Fsp3) is 0.0909. The van der Waals surface area contributed by atoms with Gasteiger partial charge in [0.05, 0.1) is 0 Å². The number of hydrogen-bond donors (Lipinski definition) is 0. The highest BCUT2D eigenvalue weighted by Gasteiger charge is 2.06. The van der Waals surface area contributed by atoms with Crippen molar-refractivity contribution in [3.63, 3.8) is 0 Å². The van der Waals surface area contributed by atoms with Gasteiger partial charge in [0, 0.05) is 21.7 Å². The maximum atomic E-state index is 11.3. The molecule has 0 aliphatic heterocycles. The number of benzene rings is 1. The van der Waals surface area contributed by atoms with E-state index < -0.39 is 0 Å². The van der Waals surface area contributed by atoms with Gasteiger partial charge >= 0.3 is 0 Å². The summed E-state index contributed by atoms with van der Waals surface area (Å²) in [7, 11) is 0. The highest BCUT2D eigenvalue weighted by molar-refractivity contribution is 7.16. The van der Waals surface area contributed by atoms with E-state index in [9.17, 15) is 9.59 Å². The van der Waals surface area contributed by atoms with Gasteiger partial charge in [-0.05, 0) is 13.0 Å². The Bertz CT molecular complexity index is 554. The van der Waals surface area contributed by atoms with E-state index in [2.05, 4.69) is 0 Å². The van der Waals surface area contributed by atoms with Crippen LogP contribution < -0.4 is 4.74 Å². The smallest absolute Gasteiger partial charge is 0.233 e. The van der Waals surface area contributed by atoms with Crippen molar-refractivity contribution in [2.45, 2.75) is 6.92 Å². The quantitative estimate of drug-likeness (QED) is 0.669. The van der Waals surface area contributed by atoms with Gasteiger partial charge in [-0.1, -0.05) is 29.5 Å². The van der Waals surface area contributed by atoms with Crippen LogP contribution in [-0.2, 0) is 0 Å². The van der Waals surface area contributed by atoms with Gasteiger partial charge in [-0.15, -0.1) is 0 Å². The molecule has 2 nitrogen and oxygen atoms in total. The van der Waals surface area contributed by atoms with Gasteiger partial charge in [0.2, 0.25) is 4.74 Å². The van der Waals surface area contributed by atoms with Crippen LogP contribution in [0.25, 0.3) is 10.1 Å². The molecule has 1 aromatic heterocycles. The predicted molar refractivity (Wildman–Crippen MR) is 58.1 cm³/mol. The maximum Gasteiger partial charge on any atom is 0.233 e. The molecule has 0 saturated heterocycles. The van der Waals surface area contributed by atoms with Gasteiger partial charge in [0.25, 0.3) is 0 Å². The predicted octanol–water partition coefficient (Wildman–Crippen LogP) is 2.46. The molecule has 0 fully saturated rings. The molecule has 0 radical (unpaired) electrons. The molecule has 0 bridgehead atoms. The zero-order valence-electron chi connectivity index (χ0n) is 7.61. The summed E-state index contributed by atoms with van der Waals surface area (Å²) in [4.78, 5) is 22.6. The molecule has 0 unspecified atom stereocenters. The Labute approximate surface area is 84.8 Å². The van der Waals surface area contributed by atoms with E-state index in [-0.39, 0.29) is 10.5 Å². The molecule has 0 amide bonds. The van der Waals surface area contributed by atoms with Gasteiger partial charge < -0.3 is 0 Å². The fourth-order valence-electron chi connectivity index (χ4n) is 1.40. The first-order chi connectivity index (χ1) is 6.68. The lowest BCUT2D eigenvalue weighted by Gasteiger charge is -2.00. The summed E-state index contributed by atoms with van der Waals surface area (Å²) in [6.45, 7) is 1.48. The SMILES string of the molecule is CC(=O)c1cc(=O)sc2ccccc12. The molecule has 1 aromatic carbocycles. The van der Waals surface area contributed by atoms with E-state index in [0.717, 1.165) is 10.1 Å². The van der Waals surface area contributed by atoms with Gasteiger partial charge in [0.1, 0.15) is 0 Å². The second-order valence-corrected chi connectivity index (χ2v) is 4.08. The van der Waals surface area contributed by atoms with Crippen molar-refractivity contribution < 1.29 is 4.79 Å². The minimum atomic E-state index is -0.0751. The molecular weight excluding hydrogens is 196 g/mol. The standard InChI is InChI=1S/C11H8O2S/c1-7(12)9-6-11(13)14-10-5-3-2-4-8(9)10/h2-6H,1H3. The van der Waals surface area contributed by atoms with Crippen LogP contribution in [-0.4, -0.2) is 5.78 Å². The Morgan fingerprint density at radius 2 is 2.00 bits per heavy atom. The summed E-state index contributed by atoms with van der Waals surface area (Å²) in [5.74, 6) is -0.0638. The van der Waals surface area contributed by atoms with E-state index in [0.29, 0.717) is 5.56 Å². The number of carbonyl (C=O) groups excluding carboxylic acids is 1. The Kier molecular flexibility index (Phi) is 2.17. The third-order valence-electron chi connectivity index (χ3n) is 2.03. The Balaban J connectivity index is 2.94. The molecule has 14 heavy (non-hydrogen) atoms. The first-order valence-corrected chi connectivity index (χ1v) is 5.04. The lowest BCUT2D eigenvalue weighted by molar-refractivity contribution is 0.101. The van der Waals surface area contributed by atoms with E-state index in [1.165, 1.54) is 24.3 Å². The molecule has 0 saturated carbocycles. The fourth-order valence-corrected chi connectivity index (χ4v) is 2.23. The molecule has 0 aliphatic carbocycles. The van der Waals surface area contributed by atoms with Gasteiger partial charge in [-0.25, -0.2) is 0 Å². The number of carbonyl (C=O) groups is 1. The molecule has 3 heteroatoms. The van der Waals surface area contributed by atoms with Crippen LogP contribution in [0.4, 0.5) is 0 Å². The molecule has 0 N–H and O–H groups in total. The molecular formula is C11H8O2S. The highest BCUT2D eigenvalue weighted by atomic mass is 32.1. The van der Waals surface area contributed by atoms with Crippen LogP contribution in [0.1, 0.15) is 17.3 Å². The topological polar surface area (TPSA) is 34.1 Å². The minimum Gasteiger partial charge on any atom is -0.294 e. The Morgan fingerprint density at radius 1 is 1.29 bits per heavy atom. The van der Waals surface area contributed by atoms with Crippen molar-refractivity contribution in [3.8, 4) is 0 Å². The van der Waals surface area contributed by atoms with Crippen molar-refractivity contribution >= 4 is 27.2 Å². The second kappa shape index (κ2) is 3.35. The Hall–Kier alpha value is -1.48. The highest BCUT2D eigenvalue weighted by Crippen LogP contribution is 2.19. The van der Waals surface area contributed by atoms with E-state index in [4.69, 9.17) is 0 Å². The third kappa shape index (κ3) is 1.46. The lowest BCUT2D eigenvalue weighted by Crippen LogP contribution is -2.00. The molecule has 0 aliphatic rings. The summed E-state index contributed by atoms with van der Waals surface area (Å²) >= 11 is 1.17. The van der Waals surface area contributed by atoms with Crippen LogP contribution in [0.2, 0.25) is 0 Å². The normalized spacial score (nSPS) is 10.4. The van der Waals surface area contributed by atoms with Crippen LogP contribution in [0.15, 0.2) is 35.1 Å². The summed E-state index contributed by atoms with van der Waals surface area (Å²) in [6.07, 6.45) is 0. The lowest BCUT2D eigenvalue weighted by atomic mass is 10.1. The summed E-state index contributed by atoms with van der Waals surface area (Å²) in [5.41, 5.74) is 0.518. The Morgan fingerprint density at radius 3 is 2.71 bits per heavy atom. The molecule has 70 valence electrons. The largest absolute Gasteiger partial charge is 0.294 e. The van der Waals surface area contributed by atoms with Crippen molar-refractivity contribution in [2.75, 3.05) is 0 Å². The average Bonchev–Trinajstić information content (AvgIpc) is 2.16. The van der Waals surface area contributed by atoms with Crippen LogP contribution in [0.3, 0.4) is 0 Å². The summed E-state index contributed by atoms with van der Waals surface area (Å²) in [5, 5.41) is 0.865. The van der Waals surface area contributed by atoms with Crippen molar-refractivity contribution in [1.29, 1.82) is 0 Å². The number of ketones is 1. The minimum absolute atomic E-state index is 0.0638. The molecule has 1 heterocycles. The zero-order chi connectivity index (χ0) is 10.1. The van der Waals surface area contributed by atoms with E-state index in [1.807, 2.05) is 24.3 Å². The van der Waals surface area contributed by atoms with Crippen molar-refractivity contribution in [3.05, 3.63) is 45.4 Å². The maximum absolute atomic E-state index is 11.3. The number of Topliss-reactive ketones (excluding diaryl/α,β-unsaturated/α-hetero) is 1. The molecule has 0 spiro atoms. The van der Waals surface area contributed by atoms with E-state index in [1.54, 1.807) is 0 Å². The first-order valence-electron chi connectivity index (χ1n) is 4.22. The van der Waals surface area contributed by atoms with E-state index >= 15 is 0 Å². The number of rotatable bonds is 1. The monoisotopic (exact) mass is 204 g/mol. The summed E-state index contributed by atoms with van der Waals surface area (Å²) in [6, 6.07) is 8.86. The second-order valence-electron chi connectivity index (χ2n) is 3.03.